The monoisotopic (exact) mass is 109 g/mol. The van der Waals surface area contributed by atoms with E-state index in [1.165, 1.54) is 0 Å². The van der Waals surface area contributed by atoms with Crippen LogP contribution in [0.2, 0.25) is 0 Å². The summed E-state index contributed by atoms with van der Waals surface area (Å²) in [6.45, 7) is 0. The first-order valence-corrected chi connectivity index (χ1v) is 0. The number of hydrogen-bond donors (Lipinski definition) is 1. The van der Waals surface area contributed by atoms with Crippen LogP contribution in [0.4, 0.5) is 0 Å². The molecule has 28 valence electrons. The maximum Gasteiger partial charge on any atom is -0.0149 e. The van der Waals surface area contributed by atoms with Crippen LogP contribution in [0.1, 0.15) is 0 Å². The molecule has 0 aromatic rings. The maximum atomic E-state index is 0. The van der Waals surface area contributed by atoms with E-state index in [0.717, 1.165) is 0 Å². The molecule has 5 N–H and O–H groups in total. The van der Waals surface area contributed by atoms with Gasteiger partial charge in [0.15, 0.2) is 0 Å². The van der Waals surface area contributed by atoms with Crippen LogP contribution in [0, 0.1) is 0 Å². The summed E-state index contributed by atoms with van der Waals surface area (Å²) in [7, 11) is 0. The summed E-state index contributed by atoms with van der Waals surface area (Å²) >= 11 is 0. The largest absolute Gasteiger partial charge is 0.0149 e. The van der Waals surface area contributed by atoms with Crippen molar-refractivity contribution in [1.82, 2.24) is 6.15 Å². The molecule has 0 radical (unpaired) electrons. The van der Waals surface area contributed by atoms with Gasteiger partial charge in [-0.05, 0) is 11.0 Å². The summed E-state index contributed by atoms with van der Waals surface area (Å²) < 4.78 is 0. The molecule has 0 bridgehead atoms. The molecule has 0 atom stereocenters. The van der Waals surface area contributed by atoms with Gasteiger partial charge < -0.3 is 11.6 Å². The van der Waals surface area contributed by atoms with Crippen molar-refractivity contribution in [3.63, 3.8) is 0 Å². The average Bonchev–Trinajstić information content (AvgIpc) is 0. The number of hydrogen-bond acceptors (Lipinski definition) is 1. The molecule has 4 heteroatoms. The summed E-state index contributed by atoms with van der Waals surface area (Å²) in [6.07, 6.45) is 0. The van der Waals surface area contributed by atoms with Crippen molar-refractivity contribution in [3.8, 4) is 0 Å². The Morgan fingerprint density at radius 3 is 1.00 bits per heavy atom. The van der Waals surface area contributed by atoms with E-state index in [9.17, 15) is 0 Å². The Balaban J connectivity index is 0. The van der Waals surface area contributed by atoms with Gasteiger partial charge in [0, 0.05) is 0 Å². The van der Waals surface area contributed by atoms with Crippen LogP contribution in [0.3, 0.4) is 0 Å². The zero-order valence-electron chi connectivity index (χ0n) is 1.21. The summed E-state index contributed by atoms with van der Waals surface area (Å²) in [5, 5.41) is 0. The third kappa shape index (κ3) is 10.0. The van der Waals surface area contributed by atoms with Gasteiger partial charge in [-0.1, -0.05) is 0 Å². The van der Waals surface area contributed by atoms with E-state index in [-0.39, 0.29) is 60.3 Å². The van der Waals surface area contributed by atoms with Gasteiger partial charge >= 0.3 is 37.7 Å². The van der Waals surface area contributed by atoms with Crippen molar-refractivity contribution in [2.24, 2.45) is 0 Å². The minimum Gasteiger partial charge on any atom is -0.0149 e. The Labute approximate surface area is 59.9 Å². The molecule has 0 aliphatic carbocycles. The zero-order chi connectivity index (χ0) is 0. The van der Waals surface area contributed by atoms with Crippen LogP contribution < -0.4 is 6.15 Å². The predicted molar refractivity (Wildman–Crippen MR) is 28.5 cm³/mol. The molecule has 0 fully saturated rings. The fraction of sp³-hybridized carbons (Fsp3) is 0. The molecule has 4 heavy (non-hydrogen) atoms. The molecule has 0 spiro atoms. The molecular formula is H11CaNOSi. The summed E-state index contributed by atoms with van der Waals surface area (Å²) in [5.74, 6) is 0. The second-order valence-electron chi connectivity index (χ2n) is 0. The standard InChI is InChI=1S/Ca.H3N.H2O.H4Si.2H/h;1H3;1H2;1H4;;. The second-order valence-corrected chi connectivity index (χ2v) is 0. The molecule has 0 saturated carbocycles. The molecule has 0 aromatic carbocycles. The van der Waals surface area contributed by atoms with Crippen molar-refractivity contribution in [2.75, 3.05) is 0 Å². The van der Waals surface area contributed by atoms with Gasteiger partial charge in [0.05, 0.1) is 0 Å². The van der Waals surface area contributed by atoms with Crippen molar-refractivity contribution in [3.05, 3.63) is 0 Å². The van der Waals surface area contributed by atoms with Crippen LogP contribution in [0.15, 0.2) is 0 Å². The number of rotatable bonds is 0. The fourth-order valence-corrected chi connectivity index (χ4v) is 0. The van der Waals surface area contributed by atoms with E-state index in [1.807, 2.05) is 0 Å². The molecular weight excluding hydrogens is 98.2 g/mol. The molecule has 2 nitrogen and oxygen atoms in total. The summed E-state index contributed by atoms with van der Waals surface area (Å²) in [6, 6.07) is 0. The Morgan fingerprint density at radius 2 is 1.00 bits per heavy atom. The predicted octanol–water partition coefficient (Wildman–Crippen LogP) is -3.03. The molecule has 0 aliphatic heterocycles. The first-order valence-electron chi connectivity index (χ1n) is 0. The molecule has 0 rings (SSSR count). The third-order valence-corrected chi connectivity index (χ3v) is 0. The third-order valence-electron chi connectivity index (χ3n) is 0. The quantitative estimate of drug-likeness (QED) is 0.330. The van der Waals surface area contributed by atoms with Crippen LogP contribution in [0.5, 0.6) is 0 Å². The average molecular weight is 109 g/mol. The normalized spacial score (nSPS) is 0. The SMILES string of the molecule is N.O.[CaH2].[SiH4]. The summed E-state index contributed by atoms with van der Waals surface area (Å²) in [5.41, 5.74) is 0. The Bertz CT molecular complexity index is 8.00. The van der Waals surface area contributed by atoms with Gasteiger partial charge in [-0.3, -0.25) is 0 Å². The molecule has 0 aromatic heterocycles. The van der Waals surface area contributed by atoms with Gasteiger partial charge in [-0.2, -0.15) is 0 Å². The van der Waals surface area contributed by atoms with Crippen molar-refractivity contribution >= 4 is 48.7 Å². The Kier molecular flexibility index (Phi) is 348. The van der Waals surface area contributed by atoms with Gasteiger partial charge in [-0.25, -0.2) is 0 Å². The van der Waals surface area contributed by atoms with Crippen LogP contribution >= 0.6 is 0 Å². The van der Waals surface area contributed by atoms with E-state index < -0.39 is 0 Å². The molecule has 0 unspecified atom stereocenters. The Hall–Kier alpha value is 1.40. The minimum absolute atomic E-state index is 0. The van der Waals surface area contributed by atoms with Gasteiger partial charge in [0.25, 0.3) is 0 Å². The molecule has 0 aliphatic rings. The first-order chi connectivity index (χ1) is 0. The topological polar surface area (TPSA) is 66.5 Å². The Morgan fingerprint density at radius 1 is 1.00 bits per heavy atom. The van der Waals surface area contributed by atoms with E-state index in [4.69, 9.17) is 0 Å². The summed E-state index contributed by atoms with van der Waals surface area (Å²) in [4.78, 5) is 0. The van der Waals surface area contributed by atoms with Crippen molar-refractivity contribution in [2.45, 2.75) is 0 Å². The molecule has 0 saturated heterocycles. The molecule has 0 heterocycles. The zero-order valence-corrected chi connectivity index (χ0v) is 1.21. The molecule has 0 amide bonds. The van der Waals surface area contributed by atoms with Crippen LogP contribution in [0.25, 0.3) is 0 Å². The van der Waals surface area contributed by atoms with E-state index in [2.05, 4.69) is 0 Å². The van der Waals surface area contributed by atoms with Crippen molar-refractivity contribution < 1.29 is 5.48 Å². The minimum atomic E-state index is 0. The van der Waals surface area contributed by atoms with Gasteiger partial charge in [0.2, 0.25) is 0 Å². The smallest absolute Gasteiger partial charge is 0.0149 e. The maximum absolute atomic E-state index is 0. The van der Waals surface area contributed by atoms with Gasteiger partial charge in [0.1, 0.15) is 0 Å². The van der Waals surface area contributed by atoms with Gasteiger partial charge in [-0.15, -0.1) is 0 Å². The van der Waals surface area contributed by atoms with E-state index in [0.29, 0.717) is 0 Å². The van der Waals surface area contributed by atoms with E-state index >= 15 is 0 Å². The van der Waals surface area contributed by atoms with Crippen molar-refractivity contribution in [1.29, 1.82) is 0 Å². The van der Waals surface area contributed by atoms with Crippen LogP contribution in [-0.2, 0) is 0 Å². The van der Waals surface area contributed by atoms with Crippen LogP contribution in [-0.4, -0.2) is 54.2 Å². The second kappa shape index (κ2) is 26.0. The first kappa shape index (κ1) is 53.5. The van der Waals surface area contributed by atoms with E-state index in [1.54, 1.807) is 0 Å². The fourth-order valence-electron chi connectivity index (χ4n) is 0.